The third-order valence-electron chi connectivity index (χ3n) is 3.60. The van der Waals surface area contributed by atoms with Gasteiger partial charge in [0, 0.05) is 31.1 Å². The van der Waals surface area contributed by atoms with Crippen LogP contribution in [-0.2, 0) is 13.1 Å². The topological polar surface area (TPSA) is 73.0 Å². The van der Waals surface area contributed by atoms with E-state index in [1.165, 1.54) is 17.7 Å². The van der Waals surface area contributed by atoms with E-state index < -0.39 is 4.92 Å². The van der Waals surface area contributed by atoms with E-state index in [9.17, 15) is 10.1 Å². The summed E-state index contributed by atoms with van der Waals surface area (Å²) in [6.07, 6.45) is 3.67. The van der Waals surface area contributed by atoms with E-state index in [4.69, 9.17) is 11.6 Å². The Morgan fingerprint density at radius 1 is 1.21 bits per heavy atom. The monoisotopic (exact) mass is 342 g/mol. The summed E-state index contributed by atoms with van der Waals surface area (Å²) in [5.74, 6) is 0.855. The molecule has 0 saturated carbocycles. The Bertz CT molecular complexity index is 849. The number of nitrogens with one attached hydrogen (secondary N) is 1. The van der Waals surface area contributed by atoms with Crippen LogP contribution in [0.15, 0.2) is 60.9 Å². The fraction of sp³-hybridized carbons (Fsp3) is 0.118. The van der Waals surface area contributed by atoms with Crippen LogP contribution < -0.4 is 5.32 Å². The number of imidazole rings is 1. The molecular weight excluding hydrogens is 328 g/mol. The minimum atomic E-state index is -0.470. The summed E-state index contributed by atoms with van der Waals surface area (Å²) < 4.78 is 2.04. The maximum absolute atomic E-state index is 10.7. The molecular formula is C17H15ClN4O2. The molecule has 0 spiro atoms. The van der Waals surface area contributed by atoms with E-state index in [-0.39, 0.29) is 5.69 Å². The van der Waals surface area contributed by atoms with Crippen LogP contribution in [0.3, 0.4) is 0 Å². The molecule has 0 atom stereocenters. The van der Waals surface area contributed by atoms with Gasteiger partial charge in [0.1, 0.15) is 5.82 Å². The van der Waals surface area contributed by atoms with Crippen molar-refractivity contribution in [1.82, 2.24) is 9.55 Å². The van der Waals surface area contributed by atoms with Crippen LogP contribution in [0.1, 0.15) is 11.4 Å². The fourth-order valence-electron chi connectivity index (χ4n) is 2.37. The Labute approximate surface area is 143 Å². The quantitative estimate of drug-likeness (QED) is 0.540. The molecule has 0 radical (unpaired) electrons. The van der Waals surface area contributed by atoms with Crippen LogP contribution in [-0.4, -0.2) is 14.5 Å². The van der Waals surface area contributed by atoms with Gasteiger partial charge >= 0.3 is 0 Å². The first-order valence-corrected chi connectivity index (χ1v) is 7.73. The van der Waals surface area contributed by atoms with Gasteiger partial charge in [-0.25, -0.2) is 4.98 Å². The number of nitro groups is 1. The van der Waals surface area contributed by atoms with Crippen LogP contribution in [0.2, 0.25) is 5.02 Å². The van der Waals surface area contributed by atoms with Crippen molar-refractivity contribution in [2.24, 2.45) is 0 Å². The predicted octanol–water partition coefficient (Wildman–Crippen LogP) is 4.11. The van der Waals surface area contributed by atoms with Gasteiger partial charge in [-0.3, -0.25) is 10.1 Å². The second-order valence-corrected chi connectivity index (χ2v) is 5.64. The van der Waals surface area contributed by atoms with Crippen LogP contribution in [0.4, 0.5) is 11.4 Å². The van der Waals surface area contributed by atoms with Crippen molar-refractivity contribution in [2.45, 2.75) is 13.1 Å². The normalized spacial score (nSPS) is 10.5. The molecule has 0 amide bonds. The van der Waals surface area contributed by atoms with E-state index in [1.54, 1.807) is 12.3 Å². The highest BCUT2D eigenvalue weighted by molar-refractivity contribution is 6.33. The number of benzene rings is 2. The van der Waals surface area contributed by atoms with E-state index in [1.807, 2.05) is 29.0 Å². The van der Waals surface area contributed by atoms with Crippen LogP contribution >= 0.6 is 11.6 Å². The van der Waals surface area contributed by atoms with Gasteiger partial charge in [-0.2, -0.15) is 0 Å². The zero-order chi connectivity index (χ0) is 16.9. The summed E-state index contributed by atoms with van der Waals surface area (Å²) in [5, 5.41) is 14.2. The van der Waals surface area contributed by atoms with Crippen molar-refractivity contribution in [3.05, 3.63) is 87.4 Å². The van der Waals surface area contributed by atoms with Crippen LogP contribution in [0.25, 0.3) is 0 Å². The largest absolute Gasteiger partial charge is 0.377 e. The van der Waals surface area contributed by atoms with Gasteiger partial charge in [0.25, 0.3) is 5.69 Å². The zero-order valence-electron chi connectivity index (χ0n) is 12.7. The Balaban J connectivity index is 1.70. The summed E-state index contributed by atoms with van der Waals surface area (Å²) >= 11 is 6.09. The number of nitro benzene ring substituents is 1. The lowest BCUT2D eigenvalue weighted by atomic mass is 10.2. The number of aromatic nitrogens is 2. The number of hydrogen-bond acceptors (Lipinski definition) is 4. The lowest BCUT2D eigenvalue weighted by Crippen LogP contribution is -2.09. The molecule has 0 aliphatic carbocycles. The van der Waals surface area contributed by atoms with Crippen molar-refractivity contribution in [2.75, 3.05) is 5.32 Å². The molecule has 0 fully saturated rings. The molecule has 3 aromatic rings. The molecule has 0 saturated heterocycles. The number of non-ortho nitro benzene ring substituents is 1. The molecule has 6 nitrogen and oxygen atoms in total. The van der Waals surface area contributed by atoms with Gasteiger partial charge in [0.2, 0.25) is 0 Å². The fourth-order valence-corrected chi connectivity index (χ4v) is 2.61. The minimum Gasteiger partial charge on any atom is -0.377 e. The molecule has 3 rings (SSSR count). The van der Waals surface area contributed by atoms with Crippen molar-refractivity contribution in [3.63, 3.8) is 0 Å². The number of anilines is 1. The average Bonchev–Trinajstić information content (AvgIpc) is 3.01. The third-order valence-corrected chi connectivity index (χ3v) is 3.91. The van der Waals surface area contributed by atoms with Crippen molar-refractivity contribution in [1.29, 1.82) is 0 Å². The Morgan fingerprint density at radius 3 is 2.71 bits per heavy atom. The van der Waals surface area contributed by atoms with Gasteiger partial charge in [0.05, 0.1) is 22.2 Å². The van der Waals surface area contributed by atoms with Gasteiger partial charge in [-0.15, -0.1) is 0 Å². The van der Waals surface area contributed by atoms with Crippen molar-refractivity contribution in [3.8, 4) is 0 Å². The van der Waals surface area contributed by atoms with Crippen molar-refractivity contribution >= 4 is 23.0 Å². The number of rotatable bonds is 6. The van der Waals surface area contributed by atoms with Crippen LogP contribution in [0, 0.1) is 10.1 Å². The molecule has 24 heavy (non-hydrogen) atoms. The number of hydrogen-bond donors (Lipinski definition) is 1. The summed E-state index contributed by atoms with van der Waals surface area (Å²) in [5.41, 5.74) is 1.79. The van der Waals surface area contributed by atoms with Crippen LogP contribution in [0.5, 0.6) is 0 Å². The summed E-state index contributed by atoms with van der Waals surface area (Å²) in [4.78, 5) is 14.6. The lowest BCUT2D eigenvalue weighted by molar-refractivity contribution is -0.384. The molecule has 7 heteroatoms. The van der Waals surface area contributed by atoms with Gasteiger partial charge in [-0.05, 0) is 11.6 Å². The standard InChI is InChI=1S/C17H15ClN4O2/c18-15-10-14(22(23)24)6-7-16(15)20-11-17-19-8-9-21(17)12-13-4-2-1-3-5-13/h1-10,20H,11-12H2. The molecule has 1 heterocycles. The maximum Gasteiger partial charge on any atom is 0.271 e. The summed E-state index contributed by atoms with van der Waals surface area (Å²) in [6, 6.07) is 14.5. The average molecular weight is 343 g/mol. The van der Waals surface area contributed by atoms with E-state index in [0.717, 1.165) is 12.4 Å². The van der Waals surface area contributed by atoms with Gasteiger partial charge in [-0.1, -0.05) is 41.9 Å². The Hall–Kier alpha value is -2.86. The molecule has 0 aliphatic heterocycles. The van der Waals surface area contributed by atoms with E-state index >= 15 is 0 Å². The highest BCUT2D eigenvalue weighted by Gasteiger charge is 2.10. The minimum absolute atomic E-state index is 0.0314. The highest BCUT2D eigenvalue weighted by atomic mass is 35.5. The Kier molecular flexibility index (Phi) is 4.77. The highest BCUT2D eigenvalue weighted by Crippen LogP contribution is 2.26. The second-order valence-electron chi connectivity index (χ2n) is 5.23. The van der Waals surface area contributed by atoms with E-state index in [0.29, 0.717) is 17.3 Å². The zero-order valence-corrected chi connectivity index (χ0v) is 13.5. The molecule has 122 valence electrons. The summed E-state index contributed by atoms with van der Waals surface area (Å²) in [6.45, 7) is 1.20. The first-order chi connectivity index (χ1) is 11.6. The smallest absolute Gasteiger partial charge is 0.271 e. The maximum atomic E-state index is 10.7. The molecule has 2 aromatic carbocycles. The van der Waals surface area contributed by atoms with Gasteiger partial charge in [0.15, 0.2) is 0 Å². The SMILES string of the molecule is O=[N+]([O-])c1ccc(NCc2nccn2Cc2ccccc2)c(Cl)c1. The first kappa shape index (κ1) is 16.0. The lowest BCUT2D eigenvalue weighted by Gasteiger charge is -2.11. The molecule has 1 aromatic heterocycles. The molecule has 0 bridgehead atoms. The summed E-state index contributed by atoms with van der Waals surface area (Å²) in [7, 11) is 0. The molecule has 1 N–H and O–H groups in total. The van der Waals surface area contributed by atoms with Crippen molar-refractivity contribution < 1.29 is 4.92 Å². The number of halogens is 1. The first-order valence-electron chi connectivity index (χ1n) is 7.35. The second kappa shape index (κ2) is 7.14. The number of nitrogens with zero attached hydrogens (tertiary/aromatic N) is 3. The molecule has 0 unspecified atom stereocenters. The van der Waals surface area contributed by atoms with E-state index in [2.05, 4.69) is 22.4 Å². The molecule has 0 aliphatic rings. The third kappa shape index (κ3) is 3.72. The predicted molar refractivity (Wildman–Crippen MR) is 93.2 cm³/mol. The Morgan fingerprint density at radius 2 is 2.00 bits per heavy atom. The van der Waals surface area contributed by atoms with Gasteiger partial charge < -0.3 is 9.88 Å².